The quantitative estimate of drug-likeness (QED) is 0.170. The van der Waals surface area contributed by atoms with E-state index in [1.807, 2.05) is 0 Å². The van der Waals surface area contributed by atoms with Gasteiger partial charge in [-0.1, -0.05) is 30.5 Å². The molecule has 0 radical (unpaired) electrons. The third-order valence-electron chi connectivity index (χ3n) is 6.20. The number of nitrogens with two attached hydrogens (primary N) is 1. The van der Waals surface area contributed by atoms with Crippen LogP contribution in [0.4, 0.5) is 5.82 Å². The lowest BCUT2D eigenvalue weighted by Crippen LogP contribution is -2.35. The number of aliphatic hydroxyl groups excluding tert-OH is 2. The number of fused-ring (bicyclic) bond motifs is 1. The van der Waals surface area contributed by atoms with Gasteiger partial charge in [-0.25, -0.2) is 4.98 Å². The fourth-order valence-corrected chi connectivity index (χ4v) is 5.40. The van der Waals surface area contributed by atoms with Gasteiger partial charge in [-0.2, -0.15) is 0 Å². The number of hydrogen-bond donors (Lipinski definition) is 6. The Morgan fingerprint density at radius 2 is 1.94 bits per heavy atom. The van der Waals surface area contributed by atoms with Gasteiger partial charge in [0.15, 0.2) is 17.2 Å². The topological polar surface area (TPSA) is 197 Å². The minimum Gasteiger partial charge on any atom is -0.506 e. The molecule has 0 saturated heterocycles. The highest BCUT2D eigenvalue weighted by Crippen LogP contribution is 2.60. The molecule has 2 aromatic heterocycles. The van der Waals surface area contributed by atoms with E-state index in [2.05, 4.69) is 9.97 Å². The summed E-state index contributed by atoms with van der Waals surface area (Å²) in [5, 5.41) is 39.5. The molecule has 4 atom stereocenters. The highest BCUT2D eigenvalue weighted by molar-refractivity contribution is 7.54. The van der Waals surface area contributed by atoms with Crippen LogP contribution >= 0.6 is 7.60 Å². The van der Waals surface area contributed by atoms with Crippen molar-refractivity contribution in [2.24, 2.45) is 0 Å². The minimum absolute atomic E-state index is 0.0139. The monoisotopic (exact) mass is 488 g/mol. The first-order chi connectivity index (χ1) is 15.3. The van der Waals surface area contributed by atoms with E-state index in [0.29, 0.717) is 4.73 Å². The van der Waals surface area contributed by atoms with Crippen LogP contribution in [0, 0.1) is 0 Å². The molecule has 3 heterocycles. The summed E-state index contributed by atoms with van der Waals surface area (Å²) in [4.78, 5) is 18.6. The summed E-state index contributed by atoms with van der Waals surface area (Å²) in [6.45, 7) is 6.45. The number of imidazole rings is 1. The van der Waals surface area contributed by atoms with E-state index < -0.39 is 36.6 Å². The summed E-state index contributed by atoms with van der Waals surface area (Å²) >= 11 is 0. The molecule has 0 bridgehead atoms. The molecule has 7 N–H and O–H groups in total. The Hall–Kier alpha value is -2.44. The van der Waals surface area contributed by atoms with Gasteiger partial charge >= 0.3 is 7.60 Å². The molecule has 14 heteroatoms. The molecule has 13 nitrogen and oxygen atoms in total. The van der Waals surface area contributed by atoms with Crippen molar-refractivity contribution >= 4 is 24.6 Å². The SMILES string of the molecule is CCC(C)(CC1=C(O)C(O)C(n2cnc3c(N)[n+](O)cnc32)O1)OP(=O)(O)C(O)(CC)CC. The Kier molecular flexibility index (Phi) is 6.66. The molecule has 0 fully saturated rings. The zero-order chi connectivity index (χ0) is 24.8. The predicted octanol–water partition coefficient (Wildman–Crippen LogP) is 1.47. The van der Waals surface area contributed by atoms with Crippen molar-refractivity contribution < 1.29 is 44.0 Å². The molecular formula is C19H31N5O8P+. The number of anilines is 1. The second kappa shape index (κ2) is 8.73. The summed E-state index contributed by atoms with van der Waals surface area (Å²) in [6, 6.07) is 0. The van der Waals surface area contributed by atoms with Crippen LogP contribution in [0.5, 0.6) is 0 Å². The van der Waals surface area contributed by atoms with E-state index in [4.69, 9.17) is 15.0 Å². The molecule has 0 spiro atoms. The number of hydrogen-bond acceptors (Lipinski definition) is 10. The average Bonchev–Trinajstić information content (AvgIpc) is 3.31. The van der Waals surface area contributed by atoms with Gasteiger partial charge in [-0.15, -0.1) is 0 Å². The van der Waals surface area contributed by atoms with Crippen molar-refractivity contribution in [3.05, 3.63) is 24.2 Å². The Balaban J connectivity index is 1.87. The summed E-state index contributed by atoms with van der Waals surface area (Å²) < 4.78 is 26.2. The van der Waals surface area contributed by atoms with E-state index in [1.54, 1.807) is 27.7 Å². The van der Waals surface area contributed by atoms with E-state index >= 15 is 0 Å². The Morgan fingerprint density at radius 3 is 2.52 bits per heavy atom. The maximum atomic E-state index is 12.9. The minimum atomic E-state index is -4.48. The van der Waals surface area contributed by atoms with Crippen molar-refractivity contribution in [3.63, 3.8) is 0 Å². The molecule has 4 unspecified atom stereocenters. The molecular weight excluding hydrogens is 457 g/mol. The van der Waals surface area contributed by atoms with E-state index in [0.717, 1.165) is 6.33 Å². The van der Waals surface area contributed by atoms with Crippen LogP contribution in [0.2, 0.25) is 0 Å². The fourth-order valence-electron chi connectivity index (χ4n) is 3.64. The van der Waals surface area contributed by atoms with Crippen LogP contribution in [0.25, 0.3) is 11.2 Å². The Bertz CT molecular complexity index is 1120. The summed E-state index contributed by atoms with van der Waals surface area (Å²) in [5.74, 6) is -0.592. The summed E-state index contributed by atoms with van der Waals surface area (Å²) in [6.07, 6.45) is -0.198. The van der Waals surface area contributed by atoms with Gasteiger partial charge in [0.1, 0.15) is 12.1 Å². The normalized spacial score (nSPS) is 22.9. The number of rotatable bonds is 9. The molecule has 1 aliphatic heterocycles. The number of ether oxygens (including phenoxy) is 1. The van der Waals surface area contributed by atoms with Gasteiger partial charge in [-0.3, -0.25) is 13.7 Å². The van der Waals surface area contributed by atoms with Gasteiger partial charge in [0.2, 0.25) is 17.4 Å². The molecule has 0 aromatic carbocycles. The molecule has 0 aliphatic carbocycles. The Labute approximate surface area is 190 Å². The van der Waals surface area contributed by atoms with Crippen LogP contribution in [0.3, 0.4) is 0 Å². The molecule has 1 aliphatic rings. The van der Waals surface area contributed by atoms with Gasteiger partial charge < -0.3 is 35.9 Å². The maximum Gasteiger partial charge on any atom is 0.359 e. The van der Waals surface area contributed by atoms with E-state index in [1.165, 1.54) is 10.9 Å². The first-order valence-corrected chi connectivity index (χ1v) is 12.2. The molecule has 184 valence electrons. The van der Waals surface area contributed by atoms with Crippen LogP contribution in [-0.4, -0.2) is 57.0 Å². The lowest BCUT2D eigenvalue weighted by molar-refractivity contribution is -0.894. The van der Waals surface area contributed by atoms with Crippen molar-refractivity contribution in [2.45, 2.75) is 76.7 Å². The van der Waals surface area contributed by atoms with Crippen LogP contribution < -0.4 is 10.5 Å². The van der Waals surface area contributed by atoms with Gasteiger partial charge in [-0.05, 0) is 26.2 Å². The maximum absolute atomic E-state index is 12.9. The average molecular weight is 488 g/mol. The molecule has 0 saturated carbocycles. The van der Waals surface area contributed by atoms with E-state index in [9.17, 15) is 30.0 Å². The van der Waals surface area contributed by atoms with Crippen molar-refractivity contribution in [2.75, 3.05) is 5.73 Å². The molecule has 0 amide bonds. The summed E-state index contributed by atoms with van der Waals surface area (Å²) in [5.41, 5.74) is 4.83. The van der Waals surface area contributed by atoms with Gasteiger partial charge in [0, 0.05) is 6.42 Å². The van der Waals surface area contributed by atoms with Crippen molar-refractivity contribution in [1.82, 2.24) is 14.5 Å². The molecule has 33 heavy (non-hydrogen) atoms. The Morgan fingerprint density at radius 1 is 1.30 bits per heavy atom. The lowest BCUT2D eigenvalue weighted by Gasteiger charge is -2.37. The number of aromatic nitrogens is 4. The first kappa shape index (κ1) is 25.2. The van der Waals surface area contributed by atoms with Crippen LogP contribution in [-0.2, 0) is 13.8 Å². The fraction of sp³-hybridized carbons (Fsp3) is 0.632. The second-order valence-corrected chi connectivity index (χ2v) is 10.4. The number of nitrogen functional groups attached to an aromatic ring is 1. The zero-order valence-electron chi connectivity index (χ0n) is 18.9. The highest BCUT2D eigenvalue weighted by atomic mass is 31.2. The largest absolute Gasteiger partial charge is 0.506 e. The van der Waals surface area contributed by atoms with Crippen molar-refractivity contribution in [1.29, 1.82) is 0 Å². The standard InChI is InChI=1S/C19H30N5O8P/c1-5-18(4,32-33(29,30)19(27,6-2)7-3)8-11-13(25)14(26)17(31-11)23-9-21-12-15(20)24(28)10-22-16(12)23/h9-10,14,17,20,26-28H,5-8H2,1-4H3,(H2,25,29,30)/p+1. The first-order valence-electron chi connectivity index (χ1n) is 10.6. The third kappa shape index (κ3) is 4.26. The molecule has 2 aromatic rings. The smallest absolute Gasteiger partial charge is 0.359 e. The van der Waals surface area contributed by atoms with Gasteiger partial charge in [0.25, 0.3) is 12.1 Å². The van der Waals surface area contributed by atoms with Crippen LogP contribution in [0.15, 0.2) is 24.2 Å². The second-order valence-electron chi connectivity index (χ2n) is 8.34. The highest BCUT2D eigenvalue weighted by Gasteiger charge is 2.50. The molecule has 3 rings (SSSR count). The van der Waals surface area contributed by atoms with Gasteiger partial charge in [0.05, 0.1) is 5.60 Å². The predicted molar refractivity (Wildman–Crippen MR) is 115 cm³/mol. The van der Waals surface area contributed by atoms with Crippen LogP contribution in [0.1, 0.15) is 59.6 Å². The number of nitrogens with zero attached hydrogens (tertiary/aromatic N) is 4. The number of aliphatic hydroxyl groups is 3. The third-order valence-corrected chi connectivity index (χ3v) is 8.58. The lowest BCUT2D eigenvalue weighted by atomic mass is 9.97. The van der Waals surface area contributed by atoms with E-state index in [-0.39, 0.29) is 48.4 Å². The zero-order valence-corrected chi connectivity index (χ0v) is 19.8. The van der Waals surface area contributed by atoms with Crippen molar-refractivity contribution in [3.8, 4) is 0 Å². The summed E-state index contributed by atoms with van der Waals surface area (Å²) in [7, 11) is -4.48.